The van der Waals surface area contributed by atoms with Gasteiger partial charge >= 0.3 is 0 Å². The number of hydrogen-bond donors (Lipinski definition) is 1. The Labute approximate surface area is 134 Å². The van der Waals surface area contributed by atoms with Crippen molar-refractivity contribution in [2.24, 2.45) is 0 Å². The van der Waals surface area contributed by atoms with E-state index in [0.29, 0.717) is 12.0 Å². The molecule has 0 aliphatic heterocycles. The number of benzene rings is 2. The Bertz CT molecular complexity index is 562. The summed E-state index contributed by atoms with van der Waals surface area (Å²) >= 11 is 7.63. The molecule has 0 aromatic heterocycles. The van der Waals surface area contributed by atoms with Gasteiger partial charge in [0, 0.05) is 16.7 Å². The van der Waals surface area contributed by atoms with Gasteiger partial charge in [-0.15, -0.1) is 11.8 Å². The minimum Gasteiger partial charge on any atom is -0.313 e. The number of rotatable bonds is 7. The van der Waals surface area contributed by atoms with E-state index < -0.39 is 0 Å². The Balaban J connectivity index is 2.00. The Morgan fingerprint density at radius 2 is 1.90 bits per heavy atom. The summed E-state index contributed by atoms with van der Waals surface area (Å²) in [7, 11) is 0. The molecular formula is C17H19ClFNS. The second-order valence-corrected chi connectivity index (χ2v) is 6.30. The van der Waals surface area contributed by atoms with Crippen molar-refractivity contribution in [2.75, 3.05) is 12.3 Å². The molecule has 2 aromatic rings. The van der Waals surface area contributed by atoms with Crippen LogP contribution in [-0.4, -0.2) is 18.3 Å². The average Bonchev–Trinajstić information content (AvgIpc) is 2.50. The minimum absolute atomic E-state index is 0.193. The summed E-state index contributed by atoms with van der Waals surface area (Å²) < 4.78 is 14.0. The van der Waals surface area contributed by atoms with Crippen molar-refractivity contribution >= 4 is 23.4 Å². The average molecular weight is 324 g/mol. The molecule has 1 nitrogen and oxygen atoms in total. The third kappa shape index (κ3) is 5.03. The van der Waals surface area contributed by atoms with Crippen LogP contribution in [0.1, 0.15) is 12.5 Å². The van der Waals surface area contributed by atoms with Gasteiger partial charge < -0.3 is 5.32 Å². The molecule has 0 aliphatic carbocycles. The zero-order valence-corrected chi connectivity index (χ0v) is 13.6. The molecule has 0 fully saturated rings. The lowest BCUT2D eigenvalue weighted by Gasteiger charge is -2.18. The highest BCUT2D eigenvalue weighted by molar-refractivity contribution is 7.99. The van der Waals surface area contributed by atoms with Gasteiger partial charge in [0.05, 0.1) is 5.02 Å². The lowest BCUT2D eigenvalue weighted by Crippen LogP contribution is -2.33. The lowest BCUT2D eigenvalue weighted by molar-refractivity contribution is 0.545. The van der Waals surface area contributed by atoms with Crippen LogP contribution in [0.4, 0.5) is 4.39 Å². The fourth-order valence-electron chi connectivity index (χ4n) is 2.16. The van der Waals surface area contributed by atoms with Crippen molar-refractivity contribution in [3.8, 4) is 0 Å². The summed E-state index contributed by atoms with van der Waals surface area (Å²) in [4.78, 5) is 1.23. The third-order valence-corrected chi connectivity index (χ3v) is 4.65. The predicted molar refractivity (Wildman–Crippen MR) is 89.7 cm³/mol. The third-order valence-electron chi connectivity index (χ3n) is 3.19. The summed E-state index contributed by atoms with van der Waals surface area (Å²) in [5, 5.41) is 3.61. The Morgan fingerprint density at radius 3 is 2.62 bits per heavy atom. The van der Waals surface area contributed by atoms with E-state index in [1.54, 1.807) is 30.0 Å². The molecule has 0 spiro atoms. The second kappa shape index (κ2) is 8.42. The van der Waals surface area contributed by atoms with Gasteiger partial charge in [-0.3, -0.25) is 0 Å². The number of nitrogens with one attached hydrogen (secondary N) is 1. The minimum atomic E-state index is -0.299. The number of hydrogen-bond acceptors (Lipinski definition) is 2. The summed E-state index contributed by atoms with van der Waals surface area (Å²) in [6.45, 7) is 2.93. The summed E-state index contributed by atoms with van der Waals surface area (Å²) in [6, 6.07) is 15.7. The van der Waals surface area contributed by atoms with Crippen LogP contribution in [0.2, 0.25) is 5.02 Å². The van der Waals surface area contributed by atoms with Crippen molar-refractivity contribution in [3.05, 3.63) is 64.9 Å². The van der Waals surface area contributed by atoms with Crippen molar-refractivity contribution in [1.82, 2.24) is 5.32 Å². The maximum atomic E-state index is 14.0. The van der Waals surface area contributed by atoms with E-state index in [9.17, 15) is 4.39 Å². The van der Waals surface area contributed by atoms with Crippen molar-refractivity contribution < 1.29 is 4.39 Å². The molecule has 0 saturated heterocycles. The van der Waals surface area contributed by atoms with Crippen LogP contribution < -0.4 is 5.32 Å². The first-order valence-corrected chi connectivity index (χ1v) is 8.41. The largest absolute Gasteiger partial charge is 0.313 e. The van der Waals surface area contributed by atoms with Gasteiger partial charge in [-0.05, 0) is 36.7 Å². The predicted octanol–water partition coefficient (Wildman–Crippen LogP) is 4.79. The first kappa shape index (κ1) is 16.3. The molecule has 2 aromatic carbocycles. The molecule has 0 aliphatic rings. The highest BCUT2D eigenvalue weighted by Gasteiger charge is 2.13. The lowest BCUT2D eigenvalue weighted by atomic mass is 10.1. The number of likely N-dealkylation sites (N-methyl/N-ethyl adjacent to an activating group) is 1. The van der Waals surface area contributed by atoms with Crippen molar-refractivity contribution in [2.45, 2.75) is 24.3 Å². The zero-order valence-electron chi connectivity index (χ0n) is 12.0. The summed E-state index contributed by atoms with van der Waals surface area (Å²) in [5.41, 5.74) is 0.669. The van der Waals surface area contributed by atoms with Gasteiger partial charge in [-0.25, -0.2) is 4.39 Å². The van der Waals surface area contributed by atoms with Crippen molar-refractivity contribution in [1.29, 1.82) is 0 Å². The molecular weight excluding hydrogens is 305 g/mol. The molecule has 112 valence electrons. The zero-order chi connectivity index (χ0) is 15.1. The molecule has 0 amide bonds. The fourth-order valence-corrected chi connectivity index (χ4v) is 3.34. The van der Waals surface area contributed by atoms with Crippen LogP contribution in [0.3, 0.4) is 0 Å². The van der Waals surface area contributed by atoms with Crippen LogP contribution in [0.15, 0.2) is 53.4 Å². The van der Waals surface area contributed by atoms with E-state index in [4.69, 9.17) is 11.6 Å². The molecule has 0 heterocycles. The maximum absolute atomic E-state index is 14.0. The topological polar surface area (TPSA) is 12.0 Å². The number of thioether (sulfide) groups is 1. The Hall–Kier alpha value is -1.03. The molecule has 21 heavy (non-hydrogen) atoms. The monoisotopic (exact) mass is 323 g/mol. The first-order chi connectivity index (χ1) is 10.2. The van der Waals surface area contributed by atoms with E-state index >= 15 is 0 Å². The molecule has 1 N–H and O–H groups in total. The van der Waals surface area contributed by atoms with Gasteiger partial charge in [0.15, 0.2) is 0 Å². The highest BCUT2D eigenvalue weighted by atomic mass is 35.5. The quantitative estimate of drug-likeness (QED) is 0.735. The van der Waals surface area contributed by atoms with Crippen molar-refractivity contribution in [3.63, 3.8) is 0 Å². The summed E-state index contributed by atoms with van der Waals surface area (Å²) in [6.07, 6.45) is 0.639. The molecule has 4 heteroatoms. The van der Waals surface area contributed by atoms with Crippen LogP contribution in [-0.2, 0) is 6.42 Å². The normalized spacial score (nSPS) is 12.3. The van der Waals surface area contributed by atoms with Crippen LogP contribution in [0.25, 0.3) is 0 Å². The van der Waals surface area contributed by atoms with Gasteiger partial charge in [0.25, 0.3) is 0 Å². The van der Waals surface area contributed by atoms with Gasteiger partial charge in [-0.2, -0.15) is 0 Å². The van der Waals surface area contributed by atoms with E-state index in [1.165, 1.54) is 4.90 Å². The van der Waals surface area contributed by atoms with Gasteiger partial charge in [-0.1, -0.05) is 48.9 Å². The summed E-state index contributed by atoms with van der Waals surface area (Å²) in [5.74, 6) is 0.593. The van der Waals surface area contributed by atoms with Gasteiger partial charge in [0.2, 0.25) is 0 Å². The SMILES string of the molecule is CCNC(CSc1ccccc1)Cc1cccc(Cl)c1F. The second-order valence-electron chi connectivity index (χ2n) is 4.80. The van der Waals surface area contributed by atoms with Crippen LogP contribution in [0, 0.1) is 5.82 Å². The Morgan fingerprint density at radius 1 is 1.14 bits per heavy atom. The van der Waals surface area contributed by atoms with E-state index in [-0.39, 0.29) is 16.9 Å². The molecule has 2 rings (SSSR count). The smallest absolute Gasteiger partial charge is 0.145 e. The van der Waals surface area contributed by atoms with E-state index in [1.807, 2.05) is 18.2 Å². The standard InChI is InChI=1S/C17H19ClFNS/c1-2-20-14(12-21-15-8-4-3-5-9-15)11-13-7-6-10-16(18)17(13)19/h3-10,14,20H,2,11-12H2,1H3. The molecule has 0 radical (unpaired) electrons. The molecule has 1 atom stereocenters. The van der Waals surface area contributed by atoms with E-state index in [0.717, 1.165) is 12.3 Å². The van der Waals surface area contributed by atoms with E-state index in [2.05, 4.69) is 24.4 Å². The first-order valence-electron chi connectivity index (χ1n) is 7.04. The number of halogens is 2. The Kier molecular flexibility index (Phi) is 6.55. The molecule has 0 saturated carbocycles. The van der Waals surface area contributed by atoms with Gasteiger partial charge in [0.1, 0.15) is 5.82 Å². The molecule has 1 unspecified atom stereocenters. The highest BCUT2D eigenvalue weighted by Crippen LogP contribution is 2.22. The fraction of sp³-hybridized carbons (Fsp3) is 0.294. The molecule has 0 bridgehead atoms. The van der Waals surface area contributed by atoms with Crippen LogP contribution in [0.5, 0.6) is 0 Å². The maximum Gasteiger partial charge on any atom is 0.145 e. The van der Waals surface area contributed by atoms with Crippen LogP contribution >= 0.6 is 23.4 Å².